The lowest BCUT2D eigenvalue weighted by atomic mass is 9.97. The van der Waals surface area contributed by atoms with Crippen LogP contribution in [0.4, 0.5) is 13.2 Å². The van der Waals surface area contributed by atoms with E-state index in [9.17, 15) is 18.3 Å². The third kappa shape index (κ3) is 3.30. The van der Waals surface area contributed by atoms with E-state index in [1.54, 1.807) is 6.92 Å². The van der Waals surface area contributed by atoms with Crippen molar-refractivity contribution in [2.75, 3.05) is 0 Å². The zero-order valence-electron chi connectivity index (χ0n) is 10.7. The second-order valence-corrected chi connectivity index (χ2v) is 4.35. The van der Waals surface area contributed by atoms with Crippen LogP contribution in [0.3, 0.4) is 0 Å². The molecule has 20 heavy (non-hydrogen) atoms. The van der Waals surface area contributed by atoms with Gasteiger partial charge >= 0.3 is 6.61 Å². The summed E-state index contributed by atoms with van der Waals surface area (Å²) in [6, 6.07) is 9.77. The summed E-state index contributed by atoms with van der Waals surface area (Å²) in [5.74, 6) is -0.356. The topological polar surface area (TPSA) is 29.5 Å². The monoisotopic (exact) mass is 282 g/mol. The lowest BCUT2D eigenvalue weighted by molar-refractivity contribution is -0.0498. The van der Waals surface area contributed by atoms with E-state index in [1.807, 2.05) is 0 Å². The molecule has 2 aromatic rings. The predicted molar refractivity (Wildman–Crippen MR) is 68.3 cm³/mol. The molecule has 1 N–H and O–H groups in total. The van der Waals surface area contributed by atoms with E-state index in [1.165, 1.54) is 42.5 Å². The van der Waals surface area contributed by atoms with Crippen molar-refractivity contribution in [2.45, 2.75) is 19.6 Å². The minimum atomic E-state index is -2.88. The molecule has 1 unspecified atom stereocenters. The fraction of sp³-hybridized carbons (Fsp3) is 0.200. The Bertz CT molecular complexity index is 582. The van der Waals surface area contributed by atoms with E-state index in [2.05, 4.69) is 4.74 Å². The Hall–Kier alpha value is -2.01. The van der Waals surface area contributed by atoms with Gasteiger partial charge < -0.3 is 9.84 Å². The first-order valence-electron chi connectivity index (χ1n) is 5.96. The number of ether oxygens (including phenoxy) is 1. The maximum atomic E-state index is 13.0. The van der Waals surface area contributed by atoms with E-state index >= 15 is 0 Å². The Balaban J connectivity index is 2.22. The van der Waals surface area contributed by atoms with Crippen LogP contribution in [0.1, 0.15) is 22.8 Å². The number of aryl methyl sites for hydroxylation is 1. The van der Waals surface area contributed by atoms with Crippen LogP contribution in [-0.4, -0.2) is 11.7 Å². The Morgan fingerprint density at radius 1 is 1.05 bits per heavy atom. The fourth-order valence-electron chi connectivity index (χ4n) is 1.96. The van der Waals surface area contributed by atoms with Gasteiger partial charge in [0.1, 0.15) is 17.7 Å². The summed E-state index contributed by atoms with van der Waals surface area (Å²) >= 11 is 0. The van der Waals surface area contributed by atoms with Gasteiger partial charge in [0.15, 0.2) is 0 Å². The maximum absolute atomic E-state index is 13.0. The molecular weight excluding hydrogens is 269 g/mol. The molecule has 0 aliphatic rings. The first kappa shape index (κ1) is 14.4. The summed E-state index contributed by atoms with van der Waals surface area (Å²) in [4.78, 5) is 0. The summed E-state index contributed by atoms with van der Waals surface area (Å²) < 4.78 is 41.3. The molecule has 0 amide bonds. The van der Waals surface area contributed by atoms with Gasteiger partial charge in [0, 0.05) is 0 Å². The van der Waals surface area contributed by atoms with E-state index in [4.69, 9.17) is 0 Å². The molecule has 1 atom stereocenters. The van der Waals surface area contributed by atoms with Gasteiger partial charge in [0.05, 0.1) is 0 Å². The molecule has 0 heterocycles. The van der Waals surface area contributed by atoms with Crippen LogP contribution in [0.2, 0.25) is 0 Å². The fourth-order valence-corrected chi connectivity index (χ4v) is 1.96. The number of hydrogen-bond acceptors (Lipinski definition) is 2. The number of halogens is 3. The molecule has 2 nitrogen and oxygen atoms in total. The standard InChI is InChI=1S/C15H13F3O2/c1-9-8-11(16)4-7-13(9)14(19)10-2-5-12(6-3-10)20-15(17)18/h2-8,14-15,19H,1H3. The van der Waals surface area contributed by atoms with Crippen molar-refractivity contribution < 1.29 is 23.0 Å². The Labute approximate surface area is 114 Å². The first-order valence-corrected chi connectivity index (χ1v) is 5.96. The molecule has 5 heteroatoms. The van der Waals surface area contributed by atoms with Crippen molar-refractivity contribution in [3.63, 3.8) is 0 Å². The third-order valence-electron chi connectivity index (χ3n) is 2.95. The molecule has 106 valence electrons. The summed E-state index contributed by atoms with van der Waals surface area (Å²) in [7, 11) is 0. The molecule has 0 bridgehead atoms. The van der Waals surface area contributed by atoms with Gasteiger partial charge in [-0.1, -0.05) is 18.2 Å². The zero-order chi connectivity index (χ0) is 14.7. The van der Waals surface area contributed by atoms with Gasteiger partial charge in [-0.05, 0) is 47.9 Å². The number of aliphatic hydroxyl groups excluding tert-OH is 1. The highest BCUT2D eigenvalue weighted by Gasteiger charge is 2.14. The van der Waals surface area contributed by atoms with Gasteiger partial charge in [-0.15, -0.1) is 0 Å². The maximum Gasteiger partial charge on any atom is 0.387 e. The van der Waals surface area contributed by atoms with Crippen LogP contribution in [-0.2, 0) is 0 Å². The van der Waals surface area contributed by atoms with Crippen molar-refractivity contribution in [3.8, 4) is 5.75 Å². The molecule has 0 radical (unpaired) electrons. The minimum Gasteiger partial charge on any atom is -0.435 e. The SMILES string of the molecule is Cc1cc(F)ccc1C(O)c1ccc(OC(F)F)cc1. The van der Waals surface area contributed by atoms with E-state index in [-0.39, 0.29) is 11.6 Å². The molecule has 0 spiro atoms. The number of aliphatic hydroxyl groups is 1. The lowest BCUT2D eigenvalue weighted by Crippen LogP contribution is -2.04. The summed E-state index contributed by atoms with van der Waals surface area (Å²) in [6.07, 6.45) is -0.948. The molecule has 0 aliphatic heterocycles. The first-order chi connectivity index (χ1) is 9.47. The van der Waals surface area contributed by atoms with Crippen molar-refractivity contribution in [1.82, 2.24) is 0 Å². The highest BCUT2D eigenvalue weighted by Crippen LogP contribution is 2.27. The molecule has 2 aromatic carbocycles. The van der Waals surface area contributed by atoms with Crippen LogP contribution in [0.5, 0.6) is 5.75 Å². The van der Waals surface area contributed by atoms with Crippen molar-refractivity contribution in [3.05, 3.63) is 65.0 Å². The number of hydrogen-bond donors (Lipinski definition) is 1. The van der Waals surface area contributed by atoms with E-state index in [0.29, 0.717) is 16.7 Å². The Morgan fingerprint density at radius 2 is 1.70 bits per heavy atom. The van der Waals surface area contributed by atoms with Crippen LogP contribution >= 0.6 is 0 Å². The quantitative estimate of drug-likeness (QED) is 0.923. The van der Waals surface area contributed by atoms with Gasteiger partial charge in [0.2, 0.25) is 0 Å². The molecule has 0 saturated carbocycles. The summed E-state index contributed by atoms with van der Waals surface area (Å²) in [6.45, 7) is -1.19. The lowest BCUT2D eigenvalue weighted by Gasteiger charge is -2.15. The van der Waals surface area contributed by atoms with Gasteiger partial charge in [-0.25, -0.2) is 4.39 Å². The average Bonchev–Trinajstić information content (AvgIpc) is 2.38. The predicted octanol–water partition coefficient (Wildman–Crippen LogP) is 3.82. The van der Waals surface area contributed by atoms with Crippen molar-refractivity contribution >= 4 is 0 Å². The Kier molecular flexibility index (Phi) is 4.29. The molecular formula is C15H13F3O2. The van der Waals surface area contributed by atoms with Gasteiger partial charge in [-0.3, -0.25) is 0 Å². The molecule has 0 fully saturated rings. The third-order valence-corrected chi connectivity index (χ3v) is 2.95. The second kappa shape index (κ2) is 5.96. The summed E-state index contributed by atoms with van der Waals surface area (Å²) in [5, 5.41) is 10.2. The number of benzene rings is 2. The molecule has 0 saturated heterocycles. The van der Waals surface area contributed by atoms with E-state index in [0.717, 1.165) is 0 Å². The smallest absolute Gasteiger partial charge is 0.387 e. The second-order valence-electron chi connectivity index (χ2n) is 4.35. The Morgan fingerprint density at radius 3 is 2.25 bits per heavy atom. The van der Waals surface area contributed by atoms with Crippen LogP contribution in [0, 0.1) is 12.7 Å². The van der Waals surface area contributed by atoms with E-state index < -0.39 is 12.7 Å². The van der Waals surface area contributed by atoms with Crippen molar-refractivity contribution in [1.29, 1.82) is 0 Å². The van der Waals surface area contributed by atoms with Crippen LogP contribution in [0.25, 0.3) is 0 Å². The number of alkyl halides is 2. The minimum absolute atomic E-state index is 0.0202. The normalized spacial score (nSPS) is 12.5. The van der Waals surface area contributed by atoms with Crippen LogP contribution in [0.15, 0.2) is 42.5 Å². The average molecular weight is 282 g/mol. The molecule has 2 rings (SSSR count). The van der Waals surface area contributed by atoms with Crippen LogP contribution < -0.4 is 4.74 Å². The molecule has 0 aliphatic carbocycles. The molecule has 0 aromatic heterocycles. The van der Waals surface area contributed by atoms with Crippen molar-refractivity contribution in [2.24, 2.45) is 0 Å². The highest BCUT2D eigenvalue weighted by molar-refractivity contribution is 5.37. The largest absolute Gasteiger partial charge is 0.435 e. The summed E-state index contributed by atoms with van der Waals surface area (Å²) in [5.41, 5.74) is 1.70. The zero-order valence-corrected chi connectivity index (χ0v) is 10.7. The number of rotatable bonds is 4. The van der Waals surface area contributed by atoms with Gasteiger partial charge in [-0.2, -0.15) is 8.78 Å². The highest BCUT2D eigenvalue weighted by atomic mass is 19.3. The van der Waals surface area contributed by atoms with Gasteiger partial charge in [0.25, 0.3) is 0 Å².